The zero-order valence-electron chi connectivity index (χ0n) is 18.9. The Kier molecular flexibility index (Phi) is 7.00. The van der Waals surface area contributed by atoms with Crippen LogP contribution in [-0.2, 0) is 17.6 Å². The normalized spacial score (nSPS) is 10.6. The monoisotopic (exact) mass is 458 g/mol. The average Bonchev–Trinajstić information content (AvgIpc) is 3.36. The predicted octanol–water partition coefficient (Wildman–Crippen LogP) is 6.01. The van der Waals surface area contributed by atoms with Gasteiger partial charge in [0.2, 0.25) is 5.91 Å². The first-order chi connectivity index (χ1) is 16.1. The number of thiophene rings is 1. The largest absolute Gasteiger partial charge is 0.495 e. The van der Waals surface area contributed by atoms with E-state index in [1.807, 2.05) is 73.0 Å². The van der Waals surface area contributed by atoms with E-state index >= 15 is 0 Å². The number of carbonyl (C=O) groups is 1. The second kappa shape index (κ2) is 10.3. The van der Waals surface area contributed by atoms with E-state index in [2.05, 4.69) is 22.5 Å². The Morgan fingerprint density at radius 2 is 1.82 bits per heavy atom. The second-order valence-electron chi connectivity index (χ2n) is 7.54. The van der Waals surface area contributed by atoms with E-state index in [0.717, 1.165) is 45.4 Å². The molecule has 168 valence electrons. The van der Waals surface area contributed by atoms with Gasteiger partial charge in [-0.1, -0.05) is 37.3 Å². The smallest absolute Gasteiger partial charge is 0.228 e. The zero-order chi connectivity index (χ0) is 23.2. The number of anilines is 3. The van der Waals surface area contributed by atoms with Gasteiger partial charge in [0, 0.05) is 16.9 Å². The first-order valence-electron chi connectivity index (χ1n) is 10.8. The summed E-state index contributed by atoms with van der Waals surface area (Å²) in [7, 11) is 1.59. The maximum atomic E-state index is 12.5. The van der Waals surface area contributed by atoms with Crippen LogP contribution in [0.15, 0.2) is 66.0 Å². The van der Waals surface area contributed by atoms with Gasteiger partial charge in [0.15, 0.2) is 5.82 Å². The Morgan fingerprint density at radius 3 is 2.52 bits per heavy atom. The number of aryl methyl sites for hydroxylation is 1. The van der Waals surface area contributed by atoms with Crippen LogP contribution in [0.2, 0.25) is 0 Å². The van der Waals surface area contributed by atoms with Crippen molar-refractivity contribution in [1.82, 2.24) is 9.97 Å². The molecule has 0 spiro atoms. The number of methoxy groups -OCH3 is 1. The fourth-order valence-corrected chi connectivity index (χ4v) is 4.27. The van der Waals surface area contributed by atoms with Crippen molar-refractivity contribution in [3.8, 4) is 16.5 Å². The van der Waals surface area contributed by atoms with Crippen LogP contribution in [0.5, 0.6) is 5.75 Å². The molecule has 2 aromatic heterocycles. The molecule has 2 heterocycles. The van der Waals surface area contributed by atoms with Gasteiger partial charge in [-0.2, -0.15) is 0 Å². The minimum atomic E-state index is -0.0968. The van der Waals surface area contributed by atoms with Gasteiger partial charge in [0.05, 0.1) is 24.1 Å². The van der Waals surface area contributed by atoms with E-state index in [1.165, 1.54) is 0 Å². The predicted molar refractivity (Wildman–Crippen MR) is 135 cm³/mol. The van der Waals surface area contributed by atoms with E-state index in [9.17, 15) is 4.79 Å². The highest BCUT2D eigenvalue weighted by Crippen LogP contribution is 2.28. The summed E-state index contributed by atoms with van der Waals surface area (Å²) in [6.07, 6.45) is 1.10. The van der Waals surface area contributed by atoms with Gasteiger partial charge in [0.25, 0.3) is 0 Å². The number of hydrogen-bond acceptors (Lipinski definition) is 6. The Hall–Kier alpha value is -3.71. The fraction of sp³-hybridized carbons (Fsp3) is 0.192. The van der Waals surface area contributed by atoms with Gasteiger partial charge in [-0.3, -0.25) is 4.79 Å². The molecule has 0 radical (unpaired) electrons. The minimum Gasteiger partial charge on any atom is -0.495 e. The Bertz CT molecular complexity index is 1240. The number of benzene rings is 2. The quantitative estimate of drug-likeness (QED) is 0.338. The molecule has 7 heteroatoms. The lowest BCUT2D eigenvalue weighted by Gasteiger charge is -2.14. The van der Waals surface area contributed by atoms with Crippen molar-refractivity contribution in [2.45, 2.75) is 26.7 Å². The standard InChI is InChI=1S/C26H26N4O2S/c1-4-20-17(2)27-26(23-10-7-15-33-23)30-25(20)28-19-13-11-18(12-14-19)16-24(31)29-21-8-5-6-9-22(21)32-3/h5-15H,4,16H2,1-3H3,(H,29,31)(H,27,28,30). The molecule has 33 heavy (non-hydrogen) atoms. The highest BCUT2D eigenvalue weighted by atomic mass is 32.1. The lowest BCUT2D eigenvalue weighted by atomic mass is 10.1. The van der Waals surface area contributed by atoms with Crippen molar-refractivity contribution < 1.29 is 9.53 Å². The number of nitrogens with one attached hydrogen (secondary N) is 2. The summed E-state index contributed by atoms with van der Waals surface area (Å²) in [5, 5.41) is 8.37. The molecule has 0 saturated carbocycles. The summed E-state index contributed by atoms with van der Waals surface area (Å²) in [6.45, 7) is 4.12. The van der Waals surface area contributed by atoms with Crippen LogP contribution in [0.4, 0.5) is 17.2 Å². The number of rotatable bonds is 8. The number of ether oxygens (including phenoxy) is 1. The van der Waals surface area contributed by atoms with Gasteiger partial charge in [0.1, 0.15) is 11.6 Å². The third-order valence-electron chi connectivity index (χ3n) is 5.27. The van der Waals surface area contributed by atoms with Gasteiger partial charge >= 0.3 is 0 Å². The van der Waals surface area contributed by atoms with Crippen LogP contribution in [0.25, 0.3) is 10.7 Å². The molecular formula is C26H26N4O2S. The lowest BCUT2D eigenvalue weighted by molar-refractivity contribution is -0.115. The van der Waals surface area contributed by atoms with Gasteiger partial charge < -0.3 is 15.4 Å². The molecule has 0 aliphatic heterocycles. The molecule has 2 aromatic carbocycles. The molecule has 0 saturated heterocycles. The number of nitrogens with zero attached hydrogens (tertiary/aromatic N) is 2. The molecule has 4 aromatic rings. The van der Waals surface area contributed by atoms with Crippen LogP contribution in [-0.4, -0.2) is 23.0 Å². The average molecular weight is 459 g/mol. The topological polar surface area (TPSA) is 76.1 Å². The van der Waals surface area contributed by atoms with Crippen LogP contribution in [0, 0.1) is 6.92 Å². The Balaban J connectivity index is 1.47. The van der Waals surface area contributed by atoms with Crippen molar-refractivity contribution in [2.24, 2.45) is 0 Å². The van der Waals surface area contributed by atoms with Crippen LogP contribution >= 0.6 is 11.3 Å². The fourth-order valence-electron chi connectivity index (χ4n) is 3.61. The first kappa shape index (κ1) is 22.5. The molecular weight excluding hydrogens is 432 g/mol. The minimum absolute atomic E-state index is 0.0968. The van der Waals surface area contributed by atoms with Crippen LogP contribution in [0.3, 0.4) is 0 Å². The maximum absolute atomic E-state index is 12.5. The number of para-hydroxylation sites is 2. The van der Waals surface area contributed by atoms with Crippen LogP contribution in [0.1, 0.15) is 23.7 Å². The van der Waals surface area contributed by atoms with E-state index in [4.69, 9.17) is 9.72 Å². The van der Waals surface area contributed by atoms with Crippen molar-refractivity contribution in [3.05, 3.63) is 82.9 Å². The zero-order valence-corrected chi connectivity index (χ0v) is 19.7. The summed E-state index contributed by atoms with van der Waals surface area (Å²) >= 11 is 1.63. The highest BCUT2D eigenvalue weighted by Gasteiger charge is 2.13. The summed E-state index contributed by atoms with van der Waals surface area (Å²) < 4.78 is 5.30. The molecule has 0 aliphatic carbocycles. The molecule has 2 N–H and O–H groups in total. The molecule has 0 atom stereocenters. The summed E-state index contributed by atoms with van der Waals surface area (Å²) in [4.78, 5) is 23.0. The number of aromatic nitrogens is 2. The summed E-state index contributed by atoms with van der Waals surface area (Å²) in [5.41, 5.74) is 4.56. The maximum Gasteiger partial charge on any atom is 0.228 e. The molecule has 0 aliphatic rings. The number of carbonyl (C=O) groups excluding carboxylic acids is 1. The van der Waals surface area contributed by atoms with Gasteiger partial charge in [-0.15, -0.1) is 11.3 Å². The SMILES string of the molecule is CCc1c(C)nc(-c2cccs2)nc1Nc1ccc(CC(=O)Nc2ccccc2OC)cc1. The van der Waals surface area contributed by atoms with E-state index in [0.29, 0.717) is 11.4 Å². The third kappa shape index (κ3) is 5.38. The Morgan fingerprint density at radius 1 is 1.03 bits per heavy atom. The van der Waals surface area contributed by atoms with Crippen molar-refractivity contribution in [1.29, 1.82) is 0 Å². The summed E-state index contributed by atoms with van der Waals surface area (Å²) in [6, 6.07) is 19.2. The number of hydrogen-bond donors (Lipinski definition) is 2. The van der Waals surface area contributed by atoms with Crippen molar-refractivity contribution in [3.63, 3.8) is 0 Å². The first-order valence-corrected chi connectivity index (χ1v) is 11.7. The summed E-state index contributed by atoms with van der Waals surface area (Å²) in [5.74, 6) is 2.08. The molecule has 6 nitrogen and oxygen atoms in total. The Labute approximate surface area is 197 Å². The molecule has 0 unspecified atom stereocenters. The van der Waals surface area contributed by atoms with Crippen molar-refractivity contribution in [2.75, 3.05) is 17.7 Å². The second-order valence-corrected chi connectivity index (χ2v) is 8.49. The van der Waals surface area contributed by atoms with Crippen molar-refractivity contribution >= 4 is 34.4 Å². The highest BCUT2D eigenvalue weighted by molar-refractivity contribution is 7.13. The third-order valence-corrected chi connectivity index (χ3v) is 6.14. The van der Waals surface area contributed by atoms with Gasteiger partial charge in [-0.25, -0.2) is 9.97 Å². The lowest BCUT2D eigenvalue weighted by Crippen LogP contribution is -2.15. The number of amides is 1. The molecule has 0 bridgehead atoms. The van der Waals surface area contributed by atoms with E-state index < -0.39 is 0 Å². The molecule has 0 fully saturated rings. The molecule has 1 amide bonds. The van der Waals surface area contributed by atoms with E-state index in [-0.39, 0.29) is 12.3 Å². The van der Waals surface area contributed by atoms with E-state index in [1.54, 1.807) is 18.4 Å². The van der Waals surface area contributed by atoms with Crippen LogP contribution < -0.4 is 15.4 Å². The molecule has 4 rings (SSSR count). The van der Waals surface area contributed by atoms with Gasteiger partial charge in [-0.05, 0) is 54.6 Å².